The lowest BCUT2D eigenvalue weighted by atomic mass is 10.0. The van der Waals surface area contributed by atoms with E-state index in [1.807, 2.05) is 31.2 Å². The summed E-state index contributed by atoms with van der Waals surface area (Å²) in [4.78, 5) is 38.5. The SMILES string of the molecule is CCC(C(=O)C(=O)NCCc1cccc2ccccc12)N1CCCC1C(N)=O. The molecular formula is C22H27N3O3. The minimum Gasteiger partial charge on any atom is -0.368 e. The largest absolute Gasteiger partial charge is 0.368 e. The molecule has 6 heteroatoms. The summed E-state index contributed by atoms with van der Waals surface area (Å²) < 4.78 is 0. The van der Waals surface area contributed by atoms with Crippen LogP contribution in [0.5, 0.6) is 0 Å². The summed E-state index contributed by atoms with van der Waals surface area (Å²) in [6.07, 6.45) is 2.56. The number of nitrogens with zero attached hydrogens (tertiary/aromatic N) is 1. The lowest BCUT2D eigenvalue weighted by molar-refractivity contribution is -0.142. The van der Waals surface area contributed by atoms with E-state index in [0.717, 1.165) is 22.8 Å². The fourth-order valence-electron chi connectivity index (χ4n) is 4.10. The Bertz CT molecular complexity index is 875. The first-order valence-electron chi connectivity index (χ1n) is 9.86. The summed E-state index contributed by atoms with van der Waals surface area (Å²) in [5.74, 6) is -1.52. The Hall–Kier alpha value is -2.73. The molecule has 0 radical (unpaired) electrons. The number of Topliss-reactive ketones (excluding diaryl/α,β-unsaturated/α-hetero) is 1. The molecule has 3 rings (SSSR count). The van der Waals surface area contributed by atoms with Crippen LogP contribution in [-0.2, 0) is 20.8 Å². The van der Waals surface area contributed by atoms with Crippen molar-refractivity contribution in [2.24, 2.45) is 5.73 Å². The average Bonchev–Trinajstić information content (AvgIpc) is 3.18. The van der Waals surface area contributed by atoms with Crippen molar-refractivity contribution in [2.75, 3.05) is 13.1 Å². The highest BCUT2D eigenvalue weighted by Crippen LogP contribution is 2.22. The molecule has 2 aromatic rings. The second-order valence-electron chi connectivity index (χ2n) is 7.23. The van der Waals surface area contributed by atoms with Gasteiger partial charge in [0.1, 0.15) is 0 Å². The Morgan fingerprint density at radius 1 is 1.18 bits per heavy atom. The van der Waals surface area contributed by atoms with Gasteiger partial charge in [0.2, 0.25) is 11.7 Å². The Morgan fingerprint density at radius 2 is 1.93 bits per heavy atom. The molecule has 1 fully saturated rings. The van der Waals surface area contributed by atoms with Gasteiger partial charge in [0.05, 0.1) is 12.1 Å². The monoisotopic (exact) mass is 381 g/mol. The van der Waals surface area contributed by atoms with Crippen molar-refractivity contribution in [1.29, 1.82) is 0 Å². The molecular weight excluding hydrogens is 354 g/mol. The molecule has 0 aliphatic carbocycles. The first-order valence-corrected chi connectivity index (χ1v) is 9.86. The van der Waals surface area contributed by atoms with Crippen LogP contribution in [0.1, 0.15) is 31.7 Å². The molecule has 0 saturated carbocycles. The highest BCUT2D eigenvalue weighted by atomic mass is 16.2. The third kappa shape index (κ3) is 4.22. The van der Waals surface area contributed by atoms with Gasteiger partial charge in [-0.1, -0.05) is 49.4 Å². The molecule has 1 aliphatic heterocycles. The number of primary amides is 1. The molecule has 2 unspecified atom stereocenters. The predicted molar refractivity (Wildman–Crippen MR) is 109 cm³/mol. The zero-order valence-corrected chi connectivity index (χ0v) is 16.2. The maximum absolute atomic E-state index is 12.7. The van der Waals surface area contributed by atoms with E-state index in [1.54, 1.807) is 4.90 Å². The second kappa shape index (κ2) is 8.97. The van der Waals surface area contributed by atoms with E-state index in [1.165, 1.54) is 0 Å². The Morgan fingerprint density at radius 3 is 2.68 bits per heavy atom. The van der Waals surface area contributed by atoms with E-state index in [9.17, 15) is 14.4 Å². The minimum atomic E-state index is -0.599. The minimum absolute atomic E-state index is 0.383. The molecule has 2 atom stereocenters. The summed E-state index contributed by atoms with van der Waals surface area (Å²) in [6, 6.07) is 13.1. The van der Waals surface area contributed by atoms with Crippen LogP contribution in [0, 0.1) is 0 Å². The first-order chi connectivity index (χ1) is 13.5. The maximum Gasteiger partial charge on any atom is 0.289 e. The number of likely N-dealkylation sites (tertiary alicyclic amines) is 1. The van der Waals surface area contributed by atoms with Gasteiger partial charge in [0.25, 0.3) is 5.91 Å². The lowest BCUT2D eigenvalue weighted by Crippen LogP contribution is -2.52. The molecule has 2 amide bonds. The van der Waals surface area contributed by atoms with Crippen molar-refractivity contribution in [1.82, 2.24) is 10.2 Å². The summed E-state index contributed by atoms with van der Waals surface area (Å²) in [5, 5.41) is 5.05. The van der Waals surface area contributed by atoms with Crippen molar-refractivity contribution < 1.29 is 14.4 Å². The van der Waals surface area contributed by atoms with E-state index in [0.29, 0.717) is 32.4 Å². The van der Waals surface area contributed by atoms with Crippen molar-refractivity contribution >= 4 is 28.4 Å². The van der Waals surface area contributed by atoms with Gasteiger partial charge in [-0.05, 0) is 48.6 Å². The van der Waals surface area contributed by atoms with Gasteiger partial charge >= 0.3 is 0 Å². The third-order valence-electron chi connectivity index (χ3n) is 5.50. The van der Waals surface area contributed by atoms with E-state index in [4.69, 9.17) is 5.73 Å². The van der Waals surface area contributed by atoms with Crippen LogP contribution in [0.25, 0.3) is 10.8 Å². The third-order valence-corrected chi connectivity index (χ3v) is 5.50. The van der Waals surface area contributed by atoms with Gasteiger partial charge in [-0.3, -0.25) is 19.3 Å². The van der Waals surface area contributed by atoms with E-state index >= 15 is 0 Å². The first kappa shape index (κ1) is 20.0. The van der Waals surface area contributed by atoms with Crippen molar-refractivity contribution in [3.63, 3.8) is 0 Å². The number of nitrogens with two attached hydrogens (primary N) is 1. The number of fused-ring (bicyclic) bond motifs is 1. The maximum atomic E-state index is 12.7. The van der Waals surface area contributed by atoms with Crippen LogP contribution in [0.4, 0.5) is 0 Å². The van der Waals surface area contributed by atoms with Crippen LogP contribution in [0.3, 0.4) is 0 Å². The highest BCUT2D eigenvalue weighted by Gasteiger charge is 2.38. The van der Waals surface area contributed by atoms with Gasteiger partial charge in [0, 0.05) is 6.54 Å². The highest BCUT2D eigenvalue weighted by molar-refractivity contribution is 6.38. The molecule has 28 heavy (non-hydrogen) atoms. The Balaban J connectivity index is 1.60. The van der Waals surface area contributed by atoms with Crippen molar-refractivity contribution in [3.05, 3.63) is 48.0 Å². The molecule has 0 bridgehead atoms. The fraction of sp³-hybridized carbons (Fsp3) is 0.409. The van der Waals surface area contributed by atoms with Gasteiger partial charge < -0.3 is 11.1 Å². The summed E-state index contributed by atoms with van der Waals surface area (Å²) in [5.41, 5.74) is 6.59. The molecule has 1 heterocycles. The Kier molecular flexibility index (Phi) is 6.41. The van der Waals surface area contributed by atoms with Gasteiger partial charge in [-0.2, -0.15) is 0 Å². The average molecular weight is 381 g/mol. The number of rotatable bonds is 8. The zero-order chi connectivity index (χ0) is 20.1. The topological polar surface area (TPSA) is 92.5 Å². The van der Waals surface area contributed by atoms with Gasteiger partial charge in [-0.25, -0.2) is 0 Å². The second-order valence-corrected chi connectivity index (χ2v) is 7.23. The van der Waals surface area contributed by atoms with Crippen molar-refractivity contribution in [3.8, 4) is 0 Å². The summed E-state index contributed by atoms with van der Waals surface area (Å²) in [6.45, 7) is 2.84. The number of ketones is 1. The van der Waals surface area contributed by atoms with Crippen LogP contribution >= 0.6 is 0 Å². The predicted octanol–water partition coefficient (Wildman–Crippen LogP) is 1.80. The molecule has 1 saturated heterocycles. The van der Waals surface area contributed by atoms with E-state index in [2.05, 4.69) is 23.5 Å². The number of carbonyl (C=O) groups is 3. The molecule has 0 aromatic heterocycles. The van der Waals surface area contributed by atoms with E-state index in [-0.39, 0.29) is 0 Å². The van der Waals surface area contributed by atoms with Crippen LogP contribution in [0.2, 0.25) is 0 Å². The lowest BCUT2D eigenvalue weighted by Gasteiger charge is -2.29. The molecule has 2 aromatic carbocycles. The number of carbonyl (C=O) groups excluding carboxylic acids is 3. The zero-order valence-electron chi connectivity index (χ0n) is 16.2. The number of amides is 2. The van der Waals surface area contributed by atoms with Crippen LogP contribution < -0.4 is 11.1 Å². The molecule has 6 nitrogen and oxygen atoms in total. The standard InChI is InChI=1S/C22H27N3O3/c1-2-18(25-14-6-11-19(25)21(23)27)20(26)22(28)24-13-12-16-9-5-8-15-7-3-4-10-17(15)16/h3-5,7-10,18-19H,2,6,11-14H2,1H3,(H2,23,27)(H,24,28). The molecule has 148 valence electrons. The fourth-order valence-corrected chi connectivity index (χ4v) is 4.10. The van der Waals surface area contributed by atoms with Crippen molar-refractivity contribution in [2.45, 2.75) is 44.7 Å². The van der Waals surface area contributed by atoms with Gasteiger partial charge in [-0.15, -0.1) is 0 Å². The molecule has 0 spiro atoms. The number of nitrogens with one attached hydrogen (secondary N) is 1. The summed E-state index contributed by atoms with van der Waals surface area (Å²) >= 11 is 0. The van der Waals surface area contributed by atoms with E-state index < -0.39 is 29.7 Å². The molecule has 3 N–H and O–H groups in total. The quantitative estimate of drug-likeness (QED) is 0.682. The number of hydrogen-bond acceptors (Lipinski definition) is 4. The van der Waals surface area contributed by atoms with Crippen LogP contribution in [-0.4, -0.2) is 47.7 Å². The summed E-state index contributed by atoms with van der Waals surface area (Å²) in [7, 11) is 0. The van der Waals surface area contributed by atoms with Crippen LogP contribution in [0.15, 0.2) is 42.5 Å². The smallest absolute Gasteiger partial charge is 0.289 e. The molecule has 1 aliphatic rings. The Labute approximate surface area is 165 Å². The number of hydrogen-bond donors (Lipinski definition) is 2. The normalized spacial score (nSPS) is 18.1. The van der Waals surface area contributed by atoms with Gasteiger partial charge in [0.15, 0.2) is 0 Å². The number of benzene rings is 2.